The van der Waals surface area contributed by atoms with Gasteiger partial charge in [0.2, 0.25) is 5.91 Å². The molecule has 0 spiro atoms. The van der Waals surface area contributed by atoms with Crippen molar-refractivity contribution in [3.8, 4) is 0 Å². The Morgan fingerprint density at radius 2 is 1.71 bits per heavy atom. The zero-order chi connectivity index (χ0) is 21.4. The maximum Gasteiger partial charge on any atom is 0.274 e. The van der Waals surface area contributed by atoms with Gasteiger partial charge in [0.1, 0.15) is 0 Å². The fourth-order valence-electron chi connectivity index (χ4n) is 3.00. The van der Waals surface area contributed by atoms with E-state index in [0.717, 1.165) is 19.3 Å². The van der Waals surface area contributed by atoms with Crippen molar-refractivity contribution in [3.63, 3.8) is 0 Å². The van der Waals surface area contributed by atoms with Crippen LogP contribution in [0.3, 0.4) is 0 Å². The molecule has 0 saturated carbocycles. The van der Waals surface area contributed by atoms with Gasteiger partial charge in [-0.2, -0.15) is 0 Å². The van der Waals surface area contributed by atoms with Gasteiger partial charge in [0.15, 0.2) is 5.96 Å². The third-order valence-electron chi connectivity index (χ3n) is 4.68. The Labute approximate surface area is 170 Å². The lowest BCUT2D eigenvalue weighted by Gasteiger charge is -2.40. The highest BCUT2D eigenvalue weighted by atomic mass is 31.2. The monoisotopic (exact) mass is 417 g/mol. The van der Waals surface area contributed by atoms with E-state index >= 15 is 0 Å². The molecule has 1 saturated heterocycles. The summed E-state index contributed by atoms with van der Waals surface area (Å²) in [6.45, 7) is 13.6. The highest BCUT2D eigenvalue weighted by Gasteiger charge is 2.38. The first-order valence-electron chi connectivity index (χ1n) is 10.3. The highest BCUT2D eigenvalue weighted by Crippen LogP contribution is 2.56. The van der Waals surface area contributed by atoms with Crippen LogP contribution in [0.2, 0.25) is 0 Å². The molecule has 0 aromatic carbocycles. The molecule has 1 heterocycles. The van der Waals surface area contributed by atoms with Gasteiger partial charge in [0.25, 0.3) is 7.52 Å². The predicted octanol–water partition coefficient (Wildman–Crippen LogP) is 2.63. The maximum absolute atomic E-state index is 13.5. The van der Waals surface area contributed by atoms with Crippen molar-refractivity contribution in [1.82, 2.24) is 9.57 Å². The first kappa shape index (κ1) is 24.9. The van der Waals surface area contributed by atoms with E-state index < -0.39 is 7.52 Å². The van der Waals surface area contributed by atoms with Crippen molar-refractivity contribution >= 4 is 19.4 Å². The Morgan fingerprint density at radius 3 is 2.21 bits per heavy atom. The summed E-state index contributed by atoms with van der Waals surface area (Å²) < 4.78 is 21.4. The van der Waals surface area contributed by atoms with Crippen LogP contribution < -0.4 is 11.5 Å². The highest BCUT2D eigenvalue weighted by molar-refractivity contribution is 7.57. The average molecular weight is 418 g/mol. The number of hydrogen-bond donors (Lipinski definition) is 2. The van der Waals surface area contributed by atoms with Crippen LogP contribution in [0.15, 0.2) is 4.99 Å². The molecule has 1 amide bonds. The molecule has 0 radical (unpaired) electrons. The van der Waals surface area contributed by atoms with Crippen molar-refractivity contribution < 1.29 is 13.9 Å². The third kappa shape index (κ3) is 8.50. The molecule has 28 heavy (non-hydrogen) atoms. The van der Waals surface area contributed by atoms with Crippen molar-refractivity contribution in [1.29, 1.82) is 0 Å². The molecule has 1 rings (SSSR count). The number of carbonyl (C=O) groups is 1. The molecule has 0 aromatic rings. The van der Waals surface area contributed by atoms with Gasteiger partial charge in [-0.25, -0.2) is 4.67 Å². The zero-order valence-corrected chi connectivity index (χ0v) is 19.2. The quantitative estimate of drug-likeness (QED) is 0.244. The molecule has 1 aliphatic rings. The molecular weight excluding hydrogens is 377 g/mol. The summed E-state index contributed by atoms with van der Waals surface area (Å²) in [7, 11) is -2.90. The Bertz CT molecular complexity index is 562. The second-order valence-corrected chi connectivity index (χ2v) is 11.9. The third-order valence-corrected chi connectivity index (χ3v) is 7.67. The number of piperazine rings is 1. The number of guanidine groups is 1. The van der Waals surface area contributed by atoms with E-state index in [9.17, 15) is 9.36 Å². The molecule has 0 aliphatic carbocycles. The summed E-state index contributed by atoms with van der Waals surface area (Å²) in [5.74, 6) is 0.274. The van der Waals surface area contributed by atoms with E-state index in [-0.39, 0.29) is 22.9 Å². The van der Waals surface area contributed by atoms with Gasteiger partial charge in [-0.15, -0.1) is 0 Å². The van der Waals surface area contributed by atoms with Crippen LogP contribution in [0.4, 0.5) is 0 Å². The van der Waals surface area contributed by atoms with Crippen LogP contribution in [-0.2, 0) is 13.9 Å². The minimum Gasteiger partial charge on any atom is -0.370 e. The maximum atomic E-state index is 13.5. The van der Waals surface area contributed by atoms with Gasteiger partial charge in [-0.05, 0) is 18.3 Å². The summed E-state index contributed by atoms with van der Waals surface area (Å²) >= 11 is 0. The second-order valence-electron chi connectivity index (χ2n) is 8.94. The first-order valence-corrected chi connectivity index (χ1v) is 11.9. The van der Waals surface area contributed by atoms with E-state index in [1.165, 1.54) is 0 Å². The lowest BCUT2D eigenvalue weighted by molar-refractivity contribution is -0.132. The fraction of sp³-hybridized carbons (Fsp3) is 0.895. The number of hydrogen-bond acceptors (Lipinski definition) is 4. The summed E-state index contributed by atoms with van der Waals surface area (Å²) in [6.07, 6.45) is 3.16. The number of amides is 1. The average Bonchev–Trinajstić information content (AvgIpc) is 2.61. The van der Waals surface area contributed by atoms with E-state index in [0.29, 0.717) is 45.8 Å². The number of unbranched alkanes of at least 4 members (excludes halogenated alkanes) is 2. The normalized spacial score (nSPS) is 18.1. The van der Waals surface area contributed by atoms with Gasteiger partial charge in [-0.3, -0.25) is 14.4 Å². The van der Waals surface area contributed by atoms with Crippen LogP contribution in [-0.4, -0.2) is 66.4 Å². The minimum atomic E-state index is -2.90. The largest absolute Gasteiger partial charge is 0.370 e. The van der Waals surface area contributed by atoms with Crippen LogP contribution >= 0.6 is 7.52 Å². The standard InChI is InChI=1S/C19H40N5O3P/c1-16(2)28(26,27-15-19(3,4)5)24-13-11-23(12-14-24)17(25)9-7-6-8-10-22-18(20)21/h16H,6-15H2,1-5H3,(H4,20,21,22). The SMILES string of the molecule is CC(C)P(=O)(OCC(C)(C)C)N1CCN(C(=O)CCCCCN=C(N)N)CC1. The second kappa shape index (κ2) is 11.2. The zero-order valence-electron chi connectivity index (χ0n) is 18.3. The van der Waals surface area contributed by atoms with Crippen LogP contribution in [0.1, 0.15) is 60.3 Å². The molecule has 9 heteroatoms. The van der Waals surface area contributed by atoms with Gasteiger partial charge >= 0.3 is 0 Å². The minimum absolute atomic E-state index is 0.0382. The van der Waals surface area contributed by atoms with E-state index in [2.05, 4.69) is 25.8 Å². The summed E-state index contributed by atoms with van der Waals surface area (Å²) in [4.78, 5) is 18.2. The predicted molar refractivity (Wildman–Crippen MR) is 115 cm³/mol. The lowest BCUT2D eigenvalue weighted by atomic mass is 9.99. The van der Waals surface area contributed by atoms with E-state index in [1.807, 2.05) is 23.4 Å². The van der Waals surface area contributed by atoms with Gasteiger partial charge in [0, 0.05) is 44.8 Å². The molecule has 8 nitrogen and oxygen atoms in total. The molecule has 1 unspecified atom stereocenters. The van der Waals surface area contributed by atoms with Crippen molar-refractivity contribution in [3.05, 3.63) is 0 Å². The van der Waals surface area contributed by atoms with Gasteiger partial charge in [-0.1, -0.05) is 41.0 Å². The molecule has 1 atom stereocenters. The molecule has 4 N–H and O–H groups in total. The first-order chi connectivity index (χ1) is 13.0. The number of nitrogens with two attached hydrogens (primary N) is 2. The topological polar surface area (TPSA) is 114 Å². The Morgan fingerprint density at radius 1 is 1.11 bits per heavy atom. The van der Waals surface area contributed by atoms with Crippen molar-refractivity contribution in [2.24, 2.45) is 21.9 Å². The van der Waals surface area contributed by atoms with Gasteiger partial charge in [0.05, 0.1) is 6.61 Å². The summed E-state index contributed by atoms with van der Waals surface area (Å²) in [6, 6.07) is 0. The summed E-state index contributed by atoms with van der Waals surface area (Å²) in [5, 5.41) is 0. The van der Waals surface area contributed by atoms with Crippen molar-refractivity contribution in [2.75, 3.05) is 39.3 Å². The van der Waals surface area contributed by atoms with Crippen LogP contribution in [0.5, 0.6) is 0 Å². The molecule has 0 bridgehead atoms. The Hall–Kier alpha value is -1.11. The van der Waals surface area contributed by atoms with E-state index in [4.69, 9.17) is 16.0 Å². The van der Waals surface area contributed by atoms with E-state index in [1.54, 1.807) is 0 Å². The number of rotatable bonds is 10. The Kier molecular flexibility index (Phi) is 9.95. The fourth-order valence-corrected chi connectivity index (χ4v) is 5.42. The molecule has 1 aliphatic heterocycles. The Balaban J connectivity index is 2.44. The molecular formula is C19H40N5O3P. The van der Waals surface area contributed by atoms with Crippen LogP contribution in [0, 0.1) is 5.41 Å². The van der Waals surface area contributed by atoms with Gasteiger partial charge < -0.3 is 20.9 Å². The number of nitrogens with zero attached hydrogens (tertiary/aromatic N) is 3. The molecule has 164 valence electrons. The number of carbonyl (C=O) groups excluding carboxylic acids is 1. The summed E-state index contributed by atoms with van der Waals surface area (Å²) in [5.41, 5.74) is 10.5. The molecule has 0 aromatic heterocycles. The van der Waals surface area contributed by atoms with Crippen LogP contribution in [0.25, 0.3) is 0 Å². The van der Waals surface area contributed by atoms with Crippen molar-refractivity contribution in [2.45, 2.75) is 66.0 Å². The lowest BCUT2D eigenvalue weighted by Crippen LogP contribution is -2.48. The number of aliphatic imine (C=N–C) groups is 1. The smallest absolute Gasteiger partial charge is 0.274 e. The molecule has 1 fully saturated rings.